The zero-order chi connectivity index (χ0) is 28.5. The summed E-state index contributed by atoms with van der Waals surface area (Å²) in [6.45, 7) is 1.60. The smallest absolute Gasteiger partial charge is 0.457 e. The molecule has 8 nitrogen and oxygen atoms in total. The lowest BCUT2D eigenvalue weighted by molar-refractivity contribution is -0.289. The van der Waals surface area contributed by atoms with Crippen LogP contribution in [-0.2, 0) is 17.8 Å². The number of piperidine rings is 1. The largest absolute Gasteiger partial charge is 0.458 e. The number of anilines is 3. The fourth-order valence-electron chi connectivity index (χ4n) is 4.40. The molecule has 0 unspecified atom stereocenters. The van der Waals surface area contributed by atoms with Crippen LogP contribution in [0.3, 0.4) is 0 Å². The Morgan fingerprint density at radius 1 is 1.00 bits per heavy atom. The van der Waals surface area contributed by atoms with Gasteiger partial charge in [0.15, 0.2) is 0 Å². The minimum absolute atomic E-state index is 0.0687. The summed E-state index contributed by atoms with van der Waals surface area (Å²) < 4.78 is 72.7. The Kier molecular flexibility index (Phi) is 7.32. The molecule has 1 fully saturated rings. The zero-order valence-corrected chi connectivity index (χ0v) is 21.2. The predicted molar refractivity (Wildman–Crippen MR) is 139 cm³/mol. The van der Waals surface area contributed by atoms with Crippen molar-refractivity contribution in [3.63, 3.8) is 0 Å². The van der Waals surface area contributed by atoms with Crippen molar-refractivity contribution in [3.8, 4) is 11.5 Å². The number of halogens is 5. The highest BCUT2D eigenvalue weighted by molar-refractivity contribution is 5.91. The van der Waals surface area contributed by atoms with Gasteiger partial charge in [0.05, 0.1) is 11.0 Å². The van der Waals surface area contributed by atoms with Gasteiger partial charge in [-0.05, 0) is 56.3 Å². The van der Waals surface area contributed by atoms with E-state index in [2.05, 4.69) is 25.9 Å². The lowest BCUT2D eigenvalue weighted by Crippen LogP contribution is -2.34. The Labute approximate surface area is 225 Å². The number of imidazole rings is 1. The summed E-state index contributed by atoms with van der Waals surface area (Å²) in [5, 5.41) is 9.00. The normalized spacial score (nSPS) is 14.8. The molecule has 0 saturated carbocycles. The van der Waals surface area contributed by atoms with Crippen molar-refractivity contribution in [1.82, 2.24) is 19.9 Å². The van der Waals surface area contributed by atoms with Gasteiger partial charge in [0.1, 0.15) is 17.3 Å². The fraction of sp³-hybridized carbons (Fsp3) is 0.296. The molecule has 2 aromatic heterocycles. The van der Waals surface area contributed by atoms with E-state index >= 15 is 0 Å². The SMILES string of the molecule is Cn1c(Nc2ccc(C(F)(F)C(F)(F)F)cc2)nc2cc(Oc3ccnc(NC(=O)C4CCNCC4)c3)ccc21. The topological polar surface area (TPSA) is 93.1 Å². The number of amides is 1. The molecule has 3 N–H and O–H groups in total. The predicted octanol–water partition coefficient (Wildman–Crippen LogP) is 6.10. The van der Waals surface area contributed by atoms with Gasteiger partial charge in [-0.25, -0.2) is 9.97 Å². The van der Waals surface area contributed by atoms with Crippen LogP contribution in [0.25, 0.3) is 11.0 Å². The number of nitrogens with zero attached hydrogens (tertiary/aromatic N) is 3. The van der Waals surface area contributed by atoms with Gasteiger partial charge < -0.3 is 25.3 Å². The third-order valence-corrected chi connectivity index (χ3v) is 6.64. The molecule has 40 heavy (non-hydrogen) atoms. The number of benzene rings is 2. The molecule has 1 saturated heterocycles. The van der Waals surface area contributed by atoms with E-state index in [1.807, 2.05) is 0 Å². The van der Waals surface area contributed by atoms with E-state index in [1.165, 1.54) is 6.20 Å². The summed E-state index contributed by atoms with van der Waals surface area (Å²) in [6.07, 6.45) is -2.62. The van der Waals surface area contributed by atoms with Gasteiger partial charge in [-0.1, -0.05) is 12.1 Å². The molecule has 0 bridgehead atoms. The molecule has 13 heteroatoms. The highest BCUT2D eigenvalue weighted by Gasteiger charge is 2.58. The monoisotopic (exact) mass is 560 g/mol. The first-order chi connectivity index (χ1) is 19.0. The summed E-state index contributed by atoms with van der Waals surface area (Å²) in [5.74, 6) is -3.45. The van der Waals surface area contributed by atoms with Crippen LogP contribution in [0, 0.1) is 5.92 Å². The second kappa shape index (κ2) is 10.7. The molecular formula is C27H25F5N6O2. The number of ether oxygens (including phenoxy) is 1. The number of nitrogens with one attached hydrogen (secondary N) is 3. The van der Waals surface area contributed by atoms with Gasteiger partial charge in [-0.15, -0.1) is 0 Å². The maximum Gasteiger partial charge on any atom is 0.458 e. The first-order valence-electron chi connectivity index (χ1n) is 12.5. The highest BCUT2D eigenvalue weighted by atomic mass is 19.4. The summed E-state index contributed by atoms with van der Waals surface area (Å²) in [5.41, 5.74) is 0.408. The van der Waals surface area contributed by atoms with Gasteiger partial charge in [0, 0.05) is 42.5 Å². The number of fused-ring (bicyclic) bond motifs is 1. The number of carbonyl (C=O) groups excluding carboxylic acids is 1. The number of pyridine rings is 1. The van der Waals surface area contributed by atoms with E-state index in [0.717, 1.165) is 55.7 Å². The molecule has 2 aromatic carbocycles. The van der Waals surface area contributed by atoms with Crippen molar-refractivity contribution in [2.75, 3.05) is 23.7 Å². The quantitative estimate of drug-likeness (QED) is 0.237. The van der Waals surface area contributed by atoms with Crippen molar-refractivity contribution in [3.05, 3.63) is 66.4 Å². The second-order valence-corrected chi connectivity index (χ2v) is 9.41. The van der Waals surface area contributed by atoms with Crippen LogP contribution in [-0.4, -0.2) is 39.7 Å². The van der Waals surface area contributed by atoms with Crippen LogP contribution in [0.15, 0.2) is 60.8 Å². The minimum Gasteiger partial charge on any atom is -0.457 e. The molecule has 4 aromatic rings. The van der Waals surface area contributed by atoms with Crippen LogP contribution in [0.4, 0.5) is 39.4 Å². The highest BCUT2D eigenvalue weighted by Crippen LogP contribution is 2.44. The first-order valence-corrected chi connectivity index (χ1v) is 12.5. The number of hydrogen-bond donors (Lipinski definition) is 3. The fourth-order valence-corrected chi connectivity index (χ4v) is 4.40. The van der Waals surface area contributed by atoms with E-state index < -0.39 is 17.7 Å². The van der Waals surface area contributed by atoms with Crippen molar-refractivity contribution in [2.45, 2.75) is 24.9 Å². The van der Waals surface area contributed by atoms with Gasteiger partial charge in [0.25, 0.3) is 0 Å². The lowest BCUT2D eigenvalue weighted by atomic mass is 9.97. The molecule has 5 rings (SSSR count). The maximum atomic E-state index is 13.6. The molecule has 1 amide bonds. The van der Waals surface area contributed by atoms with Gasteiger partial charge >= 0.3 is 12.1 Å². The van der Waals surface area contributed by atoms with Crippen molar-refractivity contribution < 1.29 is 31.5 Å². The average molecular weight is 561 g/mol. The van der Waals surface area contributed by atoms with Crippen LogP contribution < -0.4 is 20.7 Å². The third kappa shape index (κ3) is 5.69. The Morgan fingerprint density at radius 3 is 2.40 bits per heavy atom. The van der Waals surface area contributed by atoms with Crippen LogP contribution in [0.5, 0.6) is 11.5 Å². The van der Waals surface area contributed by atoms with E-state index in [-0.39, 0.29) is 17.5 Å². The maximum absolute atomic E-state index is 13.6. The van der Waals surface area contributed by atoms with Crippen LogP contribution >= 0.6 is 0 Å². The summed E-state index contributed by atoms with van der Waals surface area (Å²) in [6, 6.07) is 12.2. The molecule has 1 aliphatic rings. The average Bonchev–Trinajstić information content (AvgIpc) is 3.23. The van der Waals surface area contributed by atoms with Gasteiger partial charge in [0.2, 0.25) is 11.9 Å². The summed E-state index contributed by atoms with van der Waals surface area (Å²) in [7, 11) is 1.73. The molecule has 0 atom stereocenters. The van der Waals surface area contributed by atoms with Crippen LogP contribution in [0.1, 0.15) is 18.4 Å². The minimum atomic E-state index is -5.68. The second-order valence-electron chi connectivity index (χ2n) is 9.41. The Hall–Kier alpha value is -4.26. The molecule has 0 spiro atoms. The molecule has 0 radical (unpaired) electrons. The molecular weight excluding hydrogens is 535 g/mol. The van der Waals surface area contributed by atoms with Gasteiger partial charge in [-0.3, -0.25) is 4.79 Å². The zero-order valence-electron chi connectivity index (χ0n) is 21.2. The Bertz CT molecular complexity index is 1510. The number of aryl methyl sites for hydroxylation is 1. The van der Waals surface area contributed by atoms with E-state index in [9.17, 15) is 26.7 Å². The Balaban J connectivity index is 1.28. The van der Waals surface area contributed by atoms with Crippen molar-refractivity contribution in [2.24, 2.45) is 13.0 Å². The Morgan fingerprint density at radius 2 is 1.70 bits per heavy atom. The van der Waals surface area contributed by atoms with Crippen LogP contribution in [0.2, 0.25) is 0 Å². The number of carbonyl (C=O) groups is 1. The molecule has 3 heterocycles. The van der Waals surface area contributed by atoms with Crippen molar-refractivity contribution in [1.29, 1.82) is 0 Å². The third-order valence-electron chi connectivity index (χ3n) is 6.64. The molecule has 210 valence electrons. The standard InChI is InChI=1S/C27H25F5N6O2/c1-38-22-7-6-19(40-20-10-13-34-23(15-20)37-24(39)16-8-11-33-12-9-16)14-21(22)36-25(38)35-18-4-2-17(3-5-18)26(28,29)27(30,31)32/h2-7,10,13-16,33H,8-9,11-12H2,1H3,(H,35,36)(H,34,37,39). The first kappa shape index (κ1) is 27.3. The number of hydrogen-bond acceptors (Lipinski definition) is 6. The molecule has 1 aliphatic heterocycles. The number of alkyl halides is 5. The van der Waals surface area contributed by atoms with E-state index in [1.54, 1.807) is 41.9 Å². The number of rotatable bonds is 7. The lowest BCUT2D eigenvalue weighted by Gasteiger charge is -2.21. The van der Waals surface area contributed by atoms with Gasteiger partial charge in [-0.2, -0.15) is 22.0 Å². The molecule has 0 aliphatic carbocycles. The summed E-state index contributed by atoms with van der Waals surface area (Å²) in [4.78, 5) is 21.2. The van der Waals surface area contributed by atoms with E-state index in [4.69, 9.17) is 4.74 Å². The number of aromatic nitrogens is 3. The van der Waals surface area contributed by atoms with Crippen molar-refractivity contribution >= 4 is 34.4 Å². The summed E-state index contributed by atoms with van der Waals surface area (Å²) >= 11 is 0. The van der Waals surface area contributed by atoms with E-state index in [0.29, 0.717) is 28.8 Å².